The van der Waals surface area contributed by atoms with Gasteiger partial charge in [0.25, 0.3) is 0 Å². The summed E-state index contributed by atoms with van der Waals surface area (Å²) in [5, 5.41) is 1.31. The second kappa shape index (κ2) is 3.14. The molecule has 2 rings (SSSR count). The van der Waals surface area contributed by atoms with Crippen molar-refractivity contribution in [1.82, 2.24) is 9.97 Å². The molecule has 0 unspecified atom stereocenters. The number of fused-ring (bicyclic) bond motifs is 1. The molecule has 2 nitrogen and oxygen atoms in total. The molecular weight excluding hydrogens is 286 g/mol. The van der Waals surface area contributed by atoms with Crippen LogP contribution in [0.15, 0.2) is 24.4 Å². The first-order valence-corrected chi connectivity index (χ1v) is 4.79. The maximum atomic E-state index is 5.65. The van der Waals surface area contributed by atoms with E-state index in [-0.39, 0.29) is 0 Å². The zero-order chi connectivity index (χ0) is 8.55. The SMILES string of the molecule is Clc1ncc2ccc(I)cc2n1. The van der Waals surface area contributed by atoms with Crippen LogP contribution in [0.5, 0.6) is 0 Å². The average molecular weight is 290 g/mol. The largest absolute Gasteiger partial charge is 0.226 e. The number of nitrogens with zero attached hydrogens (tertiary/aromatic N) is 2. The molecular formula is C8H4ClIN2. The molecule has 0 aliphatic carbocycles. The predicted molar refractivity (Wildman–Crippen MR) is 57.3 cm³/mol. The van der Waals surface area contributed by atoms with Gasteiger partial charge in [-0.15, -0.1) is 0 Å². The lowest BCUT2D eigenvalue weighted by Crippen LogP contribution is -1.83. The summed E-state index contributed by atoms with van der Waals surface area (Å²) in [6.07, 6.45) is 1.72. The van der Waals surface area contributed by atoms with Crippen LogP contribution in [0.1, 0.15) is 0 Å². The highest BCUT2D eigenvalue weighted by Gasteiger charge is 1.97. The van der Waals surface area contributed by atoms with Gasteiger partial charge in [0.05, 0.1) is 5.52 Å². The van der Waals surface area contributed by atoms with Crippen molar-refractivity contribution in [2.24, 2.45) is 0 Å². The third-order valence-electron chi connectivity index (χ3n) is 1.52. The first kappa shape index (κ1) is 8.19. The molecule has 60 valence electrons. The van der Waals surface area contributed by atoms with E-state index in [0.717, 1.165) is 14.5 Å². The Labute approximate surface area is 88.1 Å². The van der Waals surface area contributed by atoms with Crippen molar-refractivity contribution in [1.29, 1.82) is 0 Å². The Morgan fingerprint density at radius 1 is 1.33 bits per heavy atom. The Morgan fingerprint density at radius 3 is 3.00 bits per heavy atom. The highest BCUT2D eigenvalue weighted by Crippen LogP contribution is 2.15. The van der Waals surface area contributed by atoms with E-state index in [1.54, 1.807) is 6.20 Å². The molecule has 0 radical (unpaired) electrons. The molecule has 2 aromatic rings. The van der Waals surface area contributed by atoms with Crippen LogP contribution in [0.3, 0.4) is 0 Å². The van der Waals surface area contributed by atoms with E-state index < -0.39 is 0 Å². The van der Waals surface area contributed by atoms with Crippen LogP contribution < -0.4 is 0 Å². The molecule has 0 amide bonds. The Kier molecular flexibility index (Phi) is 2.14. The topological polar surface area (TPSA) is 25.8 Å². The fraction of sp³-hybridized carbons (Fsp3) is 0. The summed E-state index contributed by atoms with van der Waals surface area (Å²) in [5.74, 6) is 0. The average Bonchev–Trinajstić information content (AvgIpc) is 2.03. The van der Waals surface area contributed by atoms with Gasteiger partial charge in [-0.25, -0.2) is 9.97 Å². The number of rotatable bonds is 0. The number of hydrogen-bond donors (Lipinski definition) is 0. The fourth-order valence-electron chi connectivity index (χ4n) is 0.974. The standard InChI is InChI=1S/C8H4ClIN2/c9-8-11-4-5-1-2-6(10)3-7(5)12-8/h1-4H. The summed E-state index contributed by atoms with van der Waals surface area (Å²) in [6, 6.07) is 5.97. The summed E-state index contributed by atoms with van der Waals surface area (Å²) in [7, 11) is 0. The lowest BCUT2D eigenvalue weighted by Gasteiger charge is -1.96. The maximum absolute atomic E-state index is 5.65. The minimum Gasteiger partial charge on any atom is -0.226 e. The normalized spacial score (nSPS) is 10.5. The maximum Gasteiger partial charge on any atom is 0.222 e. The molecule has 0 N–H and O–H groups in total. The van der Waals surface area contributed by atoms with E-state index in [9.17, 15) is 0 Å². The van der Waals surface area contributed by atoms with Crippen LogP contribution in [0.4, 0.5) is 0 Å². The molecule has 1 aromatic heterocycles. The van der Waals surface area contributed by atoms with E-state index in [1.165, 1.54) is 0 Å². The van der Waals surface area contributed by atoms with Gasteiger partial charge in [0.2, 0.25) is 5.28 Å². The van der Waals surface area contributed by atoms with Crippen molar-refractivity contribution in [2.45, 2.75) is 0 Å². The van der Waals surface area contributed by atoms with Crippen molar-refractivity contribution >= 4 is 45.1 Å². The van der Waals surface area contributed by atoms with Gasteiger partial charge in [-0.1, -0.05) is 6.07 Å². The molecule has 4 heteroatoms. The first-order valence-electron chi connectivity index (χ1n) is 3.33. The molecule has 0 fully saturated rings. The third kappa shape index (κ3) is 1.51. The van der Waals surface area contributed by atoms with Gasteiger partial charge < -0.3 is 0 Å². The molecule has 0 spiro atoms. The van der Waals surface area contributed by atoms with Gasteiger partial charge in [0.1, 0.15) is 0 Å². The summed E-state index contributed by atoms with van der Waals surface area (Å²) >= 11 is 7.88. The van der Waals surface area contributed by atoms with Crippen LogP contribution >= 0.6 is 34.2 Å². The summed E-state index contributed by atoms with van der Waals surface area (Å²) in [4.78, 5) is 7.97. The summed E-state index contributed by atoms with van der Waals surface area (Å²) in [6.45, 7) is 0. The Hall–Kier alpha value is -0.420. The minimum atomic E-state index is 0.296. The van der Waals surface area contributed by atoms with Crippen LogP contribution in [0.2, 0.25) is 5.28 Å². The summed E-state index contributed by atoms with van der Waals surface area (Å²) < 4.78 is 1.15. The molecule has 0 aliphatic heterocycles. The molecule has 1 aromatic carbocycles. The Morgan fingerprint density at radius 2 is 2.17 bits per heavy atom. The van der Waals surface area contributed by atoms with E-state index >= 15 is 0 Å². The van der Waals surface area contributed by atoms with Crippen molar-refractivity contribution in [2.75, 3.05) is 0 Å². The van der Waals surface area contributed by atoms with Crippen LogP contribution in [-0.2, 0) is 0 Å². The zero-order valence-corrected chi connectivity index (χ0v) is 8.87. The van der Waals surface area contributed by atoms with Crippen molar-refractivity contribution in [3.05, 3.63) is 33.2 Å². The van der Waals surface area contributed by atoms with Gasteiger partial charge in [0.15, 0.2) is 0 Å². The van der Waals surface area contributed by atoms with Crippen LogP contribution in [-0.4, -0.2) is 9.97 Å². The van der Waals surface area contributed by atoms with Gasteiger partial charge in [-0.05, 0) is 46.3 Å². The van der Waals surface area contributed by atoms with E-state index in [0.29, 0.717) is 5.28 Å². The molecule has 1 heterocycles. The van der Waals surface area contributed by atoms with E-state index in [4.69, 9.17) is 11.6 Å². The smallest absolute Gasteiger partial charge is 0.222 e. The van der Waals surface area contributed by atoms with Gasteiger partial charge in [-0.3, -0.25) is 0 Å². The molecule has 0 aliphatic rings. The second-order valence-corrected chi connectivity index (χ2v) is 3.93. The van der Waals surface area contributed by atoms with E-state index in [2.05, 4.69) is 32.6 Å². The quantitative estimate of drug-likeness (QED) is 0.551. The van der Waals surface area contributed by atoms with Crippen molar-refractivity contribution < 1.29 is 0 Å². The van der Waals surface area contributed by atoms with Crippen LogP contribution in [0, 0.1) is 3.57 Å². The van der Waals surface area contributed by atoms with Gasteiger partial charge in [-0.2, -0.15) is 0 Å². The minimum absolute atomic E-state index is 0.296. The molecule has 0 saturated carbocycles. The van der Waals surface area contributed by atoms with Gasteiger partial charge in [0, 0.05) is 15.2 Å². The van der Waals surface area contributed by atoms with E-state index in [1.807, 2.05) is 18.2 Å². The highest BCUT2D eigenvalue weighted by atomic mass is 127. The Balaban J connectivity index is 2.80. The Bertz CT molecular complexity index is 394. The molecule has 0 bridgehead atoms. The highest BCUT2D eigenvalue weighted by molar-refractivity contribution is 14.1. The lowest BCUT2D eigenvalue weighted by molar-refractivity contribution is 1.22. The number of aromatic nitrogens is 2. The first-order chi connectivity index (χ1) is 5.75. The number of halogens is 2. The monoisotopic (exact) mass is 290 g/mol. The lowest BCUT2D eigenvalue weighted by atomic mass is 10.2. The second-order valence-electron chi connectivity index (χ2n) is 2.34. The number of benzene rings is 1. The molecule has 12 heavy (non-hydrogen) atoms. The predicted octanol–water partition coefficient (Wildman–Crippen LogP) is 2.89. The number of hydrogen-bond acceptors (Lipinski definition) is 2. The van der Waals surface area contributed by atoms with Crippen LogP contribution in [0.25, 0.3) is 10.9 Å². The summed E-state index contributed by atoms with van der Waals surface area (Å²) in [5.41, 5.74) is 0.891. The van der Waals surface area contributed by atoms with Crippen molar-refractivity contribution in [3.63, 3.8) is 0 Å². The molecule has 0 atom stereocenters. The zero-order valence-electron chi connectivity index (χ0n) is 5.96. The van der Waals surface area contributed by atoms with Crippen molar-refractivity contribution in [3.8, 4) is 0 Å². The fourth-order valence-corrected chi connectivity index (χ4v) is 1.59. The molecule has 0 saturated heterocycles. The third-order valence-corrected chi connectivity index (χ3v) is 2.37. The van der Waals surface area contributed by atoms with Gasteiger partial charge >= 0.3 is 0 Å².